The molecular formula is C9H8Br2OS. The van der Waals surface area contributed by atoms with E-state index in [1.165, 1.54) is 9.75 Å². The molecule has 1 heterocycles. The Hall–Kier alpha value is 0.330. The first-order valence-electron chi connectivity index (χ1n) is 4.02. The maximum atomic E-state index is 11.9. The zero-order chi connectivity index (χ0) is 9.64. The minimum atomic E-state index is -0.513. The van der Waals surface area contributed by atoms with Crippen LogP contribution in [0.5, 0.6) is 0 Å². The lowest BCUT2D eigenvalue weighted by molar-refractivity contribution is 0.0973. The summed E-state index contributed by atoms with van der Waals surface area (Å²) in [5.74, 6) is 0.165. The molecule has 1 aromatic rings. The Morgan fingerprint density at radius 3 is 2.92 bits per heavy atom. The lowest BCUT2D eigenvalue weighted by Gasteiger charge is -2.23. The summed E-state index contributed by atoms with van der Waals surface area (Å²) < 4.78 is -0.513. The van der Waals surface area contributed by atoms with Gasteiger partial charge in [-0.3, -0.25) is 4.79 Å². The monoisotopic (exact) mass is 322 g/mol. The quantitative estimate of drug-likeness (QED) is 0.666. The van der Waals surface area contributed by atoms with Crippen molar-refractivity contribution in [2.24, 2.45) is 0 Å². The van der Waals surface area contributed by atoms with E-state index in [9.17, 15) is 4.79 Å². The number of fused-ring (bicyclic) bond motifs is 1. The number of ketones is 1. The first-order valence-corrected chi connectivity index (χ1v) is 6.43. The van der Waals surface area contributed by atoms with Crippen LogP contribution in [0.3, 0.4) is 0 Å². The highest BCUT2D eigenvalue weighted by atomic mass is 79.9. The average Bonchev–Trinajstić information content (AvgIpc) is 2.40. The maximum Gasteiger partial charge on any atom is 0.191 e. The first-order chi connectivity index (χ1) is 6.00. The van der Waals surface area contributed by atoms with Crippen LogP contribution < -0.4 is 0 Å². The normalized spacial score (nSPS) is 20.1. The van der Waals surface area contributed by atoms with Gasteiger partial charge in [-0.25, -0.2) is 0 Å². The summed E-state index contributed by atoms with van der Waals surface area (Å²) in [7, 11) is 0. The highest BCUT2D eigenvalue weighted by Gasteiger charge is 2.38. The van der Waals surface area contributed by atoms with Crippen LogP contribution in [-0.2, 0) is 6.42 Å². The Morgan fingerprint density at radius 2 is 2.23 bits per heavy atom. The van der Waals surface area contributed by atoms with Gasteiger partial charge in [-0.1, -0.05) is 31.9 Å². The molecule has 2 rings (SSSR count). The van der Waals surface area contributed by atoms with E-state index in [1.54, 1.807) is 11.3 Å². The van der Waals surface area contributed by atoms with Gasteiger partial charge in [-0.05, 0) is 25.8 Å². The van der Waals surface area contributed by atoms with Gasteiger partial charge in [-0.2, -0.15) is 0 Å². The van der Waals surface area contributed by atoms with Crippen molar-refractivity contribution < 1.29 is 4.79 Å². The van der Waals surface area contributed by atoms with Gasteiger partial charge in [0.05, 0.1) is 0 Å². The third kappa shape index (κ3) is 1.64. The molecule has 0 N–H and O–H groups in total. The summed E-state index contributed by atoms with van der Waals surface area (Å²) in [6, 6.07) is 1.98. The van der Waals surface area contributed by atoms with Crippen molar-refractivity contribution in [3.8, 4) is 0 Å². The molecule has 0 aromatic carbocycles. The van der Waals surface area contributed by atoms with Gasteiger partial charge in [0.25, 0.3) is 0 Å². The topological polar surface area (TPSA) is 17.1 Å². The maximum absolute atomic E-state index is 11.9. The van der Waals surface area contributed by atoms with Gasteiger partial charge >= 0.3 is 0 Å². The van der Waals surface area contributed by atoms with Crippen LogP contribution in [0.4, 0.5) is 0 Å². The summed E-state index contributed by atoms with van der Waals surface area (Å²) in [5, 5.41) is 0. The predicted octanol–water partition coefficient (Wildman–Crippen LogP) is 3.67. The second kappa shape index (κ2) is 3.17. The third-order valence-electron chi connectivity index (χ3n) is 2.18. The van der Waals surface area contributed by atoms with Crippen molar-refractivity contribution >= 4 is 49.0 Å². The molecule has 0 aliphatic heterocycles. The molecule has 1 aliphatic carbocycles. The molecule has 0 saturated carbocycles. The molecule has 0 fully saturated rings. The van der Waals surface area contributed by atoms with Gasteiger partial charge in [0, 0.05) is 15.3 Å². The predicted molar refractivity (Wildman–Crippen MR) is 62.3 cm³/mol. The van der Waals surface area contributed by atoms with Crippen molar-refractivity contribution in [3.05, 3.63) is 21.4 Å². The van der Waals surface area contributed by atoms with E-state index < -0.39 is 3.23 Å². The van der Waals surface area contributed by atoms with E-state index in [-0.39, 0.29) is 5.78 Å². The smallest absolute Gasteiger partial charge is 0.191 e. The SMILES string of the molecule is Cc1cc2c(s1)CCC(Br)(Br)C2=O. The van der Waals surface area contributed by atoms with Crippen molar-refractivity contribution in [2.75, 3.05) is 0 Å². The Kier molecular flexibility index (Phi) is 2.41. The number of carbonyl (C=O) groups is 1. The molecule has 0 spiro atoms. The van der Waals surface area contributed by atoms with Crippen LogP contribution in [0.2, 0.25) is 0 Å². The number of hydrogen-bond acceptors (Lipinski definition) is 2. The molecule has 13 heavy (non-hydrogen) atoms. The highest BCUT2D eigenvalue weighted by molar-refractivity contribution is 9.26. The zero-order valence-electron chi connectivity index (χ0n) is 7.06. The molecule has 0 radical (unpaired) electrons. The van der Waals surface area contributed by atoms with Gasteiger partial charge < -0.3 is 0 Å². The summed E-state index contributed by atoms with van der Waals surface area (Å²) in [4.78, 5) is 14.3. The molecule has 1 nitrogen and oxygen atoms in total. The van der Waals surface area contributed by atoms with Gasteiger partial charge in [0.15, 0.2) is 5.78 Å². The van der Waals surface area contributed by atoms with Crippen LogP contribution in [0.1, 0.15) is 26.5 Å². The Labute approximate surface area is 97.8 Å². The molecule has 1 aliphatic rings. The van der Waals surface area contributed by atoms with Crippen LogP contribution >= 0.6 is 43.2 Å². The Morgan fingerprint density at radius 1 is 1.54 bits per heavy atom. The van der Waals surface area contributed by atoms with E-state index >= 15 is 0 Å². The largest absolute Gasteiger partial charge is 0.292 e. The van der Waals surface area contributed by atoms with Crippen molar-refractivity contribution in [1.29, 1.82) is 0 Å². The summed E-state index contributed by atoms with van der Waals surface area (Å²) in [6.07, 6.45) is 1.81. The van der Waals surface area contributed by atoms with Gasteiger partial charge in [0.2, 0.25) is 0 Å². The number of Topliss-reactive ketones (excluding diaryl/α,β-unsaturated/α-hetero) is 1. The first kappa shape index (κ1) is 9.87. The fraction of sp³-hybridized carbons (Fsp3) is 0.444. The third-order valence-corrected chi connectivity index (χ3v) is 4.80. The summed E-state index contributed by atoms with van der Waals surface area (Å²) in [5.41, 5.74) is 0.891. The molecule has 1 aromatic heterocycles. The number of thiophene rings is 1. The molecule has 0 bridgehead atoms. The molecular weight excluding hydrogens is 316 g/mol. The van der Waals surface area contributed by atoms with Crippen molar-refractivity contribution in [1.82, 2.24) is 0 Å². The van der Waals surface area contributed by atoms with Crippen molar-refractivity contribution in [3.63, 3.8) is 0 Å². The second-order valence-corrected chi connectivity index (χ2v) is 8.34. The number of rotatable bonds is 0. The molecule has 0 atom stereocenters. The minimum absolute atomic E-state index is 0.165. The number of carbonyl (C=O) groups excluding carboxylic acids is 1. The molecule has 0 amide bonds. The van der Waals surface area contributed by atoms with E-state index in [4.69, 9.17) is 0 Å². The van der Waals surface area contributed by atoms with Gasteiger partial charge in [0.1, 0.15) is 3.23 Å². The van der Waals surface area contributed by atoms with Crippen LogP contribution in [0.25, 0.3) is 0 Å². The molecule has 0 saturated heterocycles. The fourth-order valence-electron chi connectivity index (χ4n) is 1.52. The van der Waals surface area contributed by atoms with E-state index in [0.29, 0.717) is 0 Å². The fourth-order valence-corrected chi connectivity index (χ4v) is 3.38. The summed E-state index contributed by atoms with van der Waals surface area (Å²) in [6.45, 7) is 2.04. The lowest BCUT2D eigenvalue weighted by Crippen LogP contribution is -2.29. The molecule has 70 valence electrons. The Balaban J connectivity index is 2.51. The second-order valence-electron chi connectivity index (χ2n) is 3.23. The van der Waals surface area contributed by atoms with Crippen LogP contribution in [0.15, 0.2) is 6.07 Å². The van der Waals surface area contributed by atoms with E-state index in [0.717, 1.165) is 18.4 Å². The van der Waals surface area contributed by atoms with Crippen LogP contribution in [-0.4, -0.2) is 9.02 Å². The van der Waals surface area contributed by atoms with E-state index in [2.05, 4.69) is 31.9 Å². The number of alkyl halides is 2. The molecule has 0 unspecified atom stereocenters. The van der Waals surface area contributed by atoms with Crippen LogP contribution in [0, 0.1) is 6.92 Å². The number of hydrogen-bond donors (Lipinski definition) is 0. The number of aryl methyl sites for hydroxylation is 2. The van der Waals surface area contributed by atoms with Crippen molar-refractivity contribution in [2.45, 2.75) is 23.0 Å². The lowest BCUT2D eigenvalue weighted by atomic mass is 9.97. The standard InChI is InChI=1S/C9H8Br2OS/c1-5-4-6-7(13-5)2-3-9(10,11)8(6)12/h4H,2-3H2,1H3. The van der Waals surface area contributed by atoms with Gasteiger partial charge in [-0.15, -0.1) is 11.3 Å². The average molecular weight is 324 g/mol. The zero-order valence-corrected chi connectivity index (χ0v) is 11.1. The Bertz CT molecular complexity index is 368. The molecule has 4 heteroatoms. The number of halogens is 2. The van der Waals surface area contributed by atoms with E-state index in [1.807, 2.05) is 13.0 Å². The minimum Gasteiger partial charge on any atom is -0.292 e. The summed E-state index contributed by atoms with van der Waals surface area (Å²) >= 11 is 8.55. The highest BCUT2D eigenvalue weighted by Crippen LogP contribution is 2.42.